The lowest BCUT2D eigenvalue weighted by molar-refractivity contribution is -0.213. The molecule has 0 spiro atoms. The standard InChI is InChI=1S/C25H38O5/c1-16(7-9-19-17(2)13-21(28)30-19)8-10-20-24(4)12-6-11-23(3,15-26)22(24)18(27)14-25(20,5)29/h7,13,15,18-20,22,27,29H,6,8-12,14H2,1-5H3/b16-7+/t18-,19+,20+,22-,23-,24+,25+/m0/s1. The number of carbonyl (C=O) groups excluding carboxylic acids is 2. The molecule has 5 heteroatoms. The molecule has 2 fully saturated rings. The van der Waals surface area contributed by atoms with Crippen LogP contribution in [0.5, 0.6) is 0 Å². The molecule has 0 amide bonds. The highest BCUT2D eigenvalue weighted by molar-refractivity contribution is 5.85. The van der Waals surface area contributed by atoms with E-state index in [-0.39, 0.29) is 29.3 Å². The molecule has 1 aliphatic heterocycles. The second-order valence-electron chi connectivity index (χ2n) is 10.8. The van der Waals surface area contributed by atoms with Gasteiger partial charge in [0.25, 0.3) is 0 Å². The zero-order valence-electron chi connectivity index (χ0n) is 19.1. The number of carbonyl (C=O) groups is 2. The second kappa shape index (κ2) is 8.23. The minimum atomic E-state index is -0.966. The number of aliphatic hydroxyl groups excluding tert-OH is 1. The van der Waals surface area contributed by atoms with Crippen molar-refractivity contribution in [1.82, 2.24) is 0 Å². The Balaban J connectivity index is 1.74. The molecule has 0 unspecified atom stereocenters. The van der Waals surface area contributed by atoms with Crippen molar-refractivity contribution in [2.24, 2.45) is 22.7 Å². The maximum absolute atomic E-state index is 12.0. The monoisotopic (exact) mass is 418 g/mol. The highest BCUT2D eigenvalue weighted by Crippen LogP contribution is 2.62. The third kappa shape index (κ3) is 4.16. The van der Waals surface area contributed by atoms with E-state index in [2.05, 4.69) is 19.9 Å². The minimum absolute atomic E-state index is 0.00673. The first kappa shape index (κ1) is 23.2. The summed E-state index contributed by atoms with van der Waals surface area (Å²) < 4.78 is 5.31. The number of rotatable bonds is 6. The van der Waals surface area contributed by atoms with Gasteiger partial charge in [0.15, 0.2) is 0 Å². The number of aldehydes is 1. The van der Waals surface area contributed by atoms with Crippen LogP contribution >= 0.6 is 0 Å². The Morgan fingerprint density at radius 2 is 2.00 bits per heavy atom. The summed E-state index contributed by atoms with van der Waals surface area (Å²) in [5, 5.41) is 22.2. The molecule has 30 heavy (non-hydrogen) atoms. The van der Waals surface area contributed by atoms with Gasteiger partial charge < -0.3 is 19.7 Å². The Labute approximate surface area is 180 Å². The summed E-state index contributed by atoms with van der Waals surface area (Å²) in [5.74, 6) is -0.390. The number of ether oxygens (including phenoxy) is 1. The third-order valence-corrected chi connectivity index (χ3v) is 8.29. The summed E-state index contributed by atoms with van der Waals surface area (Å²) in [6, 6.07) is 0. The van der Waals surface area contributed by atoms with Crippen molar-refractivity contribution in [3.63, 3.8) is 0 Å². The number of hydrogen-bond acceptors (Lipinski definition) is 5. The van der Waals surface area contributed by atoms with Crippen LogP contribution < -0.4 is 0 Å². The van der Waals surface area contributed by atoms with Crippen molar-refractivity contribution in [3.05, 3.63) is 23.3 Å². The maximum Gasteiger partial charge on any atom is 0.331 e. The molecule has 0 aromatic carbocycles. The molecular weight excluding hydrogens is 380 g/mol. The van der Waals surface area contributed by atoms with E-state index in [9.17, 15) is 19.8 Å². The highest BCUT2D eigenvalue weighted by Gasteiger charge is 2.62. The lowest BCUT2D eigenvalue weighted by atomic mass is 9.44. The molecule has 0 aromatic rings. The number of allylic oxidation sites excluding steroid dienone is 1. The zero-order valence-corrected chi connectivity index (χ0v) is 19.1. The maximum atomic E-state index is 12.0. The fourth-order valence-corrected chi connectivity index (χ4v) is 6.91. The van der Waals surface area contributed by atoms with Gasteiger partial charge in [-0.3, -0.25) is 0 Å². The first-order chi connectivity index (χ1) is 13.9. The van der Waals surface area contributed by atoms with E-state index < -0.39 is 17.1 Å². The predicted octanol–water partition coefficient (Wildman–Crippen LogP) is 4.12. The van der Waals surface area contributed by atoms with Gasteiger partial charge in [-0.15, -0.1) is 0 Å². The molecule has 2 aliphatic carbocycles. The second-order valence-corrected chi connectivity index (χ2v) is 10.8. The number of aliphatic hydroxyl groups is 2. The van der Waals surface area contributed by atoms with Crippen molar-refractivity contribution in [2.75, 3.05) is 0 Å². The molecule has 0 saturated heterocycles. The van der Waals surface area contributed by atoms with Gasteiger partial charge in [0, 0.05) is 30.3 Å². The average molecular weight is 419 g/mol. The first-order valence-electron chi connectivity index (χ1n) is 11.3. The van der Waals surface area contributed by atoms with Gasteiger partial charge in [-0.25, -0.2) is 4.79 Å². The average Bonchev–Trinajstić information content (AvgIpc) is 2.95. The Morgan fingerprint density at radius 3 is 2.60 bits per heavy atom. The van der Waals surface area contributed by atoms with Crippen LogP contribution in [0.25, 0.3) is 0 Å². The fraction of sp³-hybridized carbons (Fsp3) is 0.760. The molecule has 7 atom stereocenters. The lowest BCUT2D eigenvalue weighted by Gasteiger charge is -2.62. The normalized spacial score (nSPS) is 44.3. The van der Waals surface area contributed by atoms with Crippen molar-refractivity contribution in [1.29, 1.82) is 0 Å². The summed E-state index contributed by atoms with van der Waals surface area (Å²) in [5.41, 5.74) is 0.380. The van der Waals surface area contributed by atoms with Crippen molar-refractivity contribution < 1.29 is 24.5 Å². The molecule has 3 aliphatic rings. The van der Waals surface area contributed by atoms with Crippen LogP contribution in [-0.2, 0) is 14.3 Å². The molecule has 168 valence electrons. The summed E-state index contributed by atoms with van der Waals surface area (Å²) in [6.07, 6.45) is 9.16. The van der Waals surface area contributed by atoms with E-state index in [0.29, 0.717) is 12.8 Å². The molecule has 0 radical (unpaired) electrons. The zero-order chi connectivity index (χ0) is 22.3. The lowest BCUT2D eigenvalue weighted by Crippen LogP contribution is -2.63. The Bertz CT molecular complexity index is 751. The molecule has 2 N–H and O–H groups in total. The van der Waals surface area contributed by atoms with Crippen molar-refractivity contribution in [3.8, 4) is 0 Å². The third-order valence-electron chi connectivity index (χ3n) is 8.29. The quantitative estimate of drug-likeness (QED) is 0.385. The number of esters is 1. The Morgan fingerprint density at radius 1 is 1.30 bits per heavy atom. The van der Waals surface area contributed by atoms with Gasteiger partial charge in [-0.1, -0.05) is 31.9 Å². The van der Waals surface area contributed by atoms with Crippen molar-refractivity contribution in [2.45, 2.75) is 97.4 Å². The van der Waals surface area contributed by atoms with E-state index in [1.807, 2.05) is 20.8 Å². The van der Waals surface area contributed by atoms with Crippen LogP contribution in [0.1, 0.15) is 79.6 Å². The molecule has 3 rings (SSSR count). The molecule has 1 heterocycles. The van der Waals surface area contributed by atoms with Crippen LogP contribution in [0.15, 0.2) is 23.3 Å². The molecular formula is C25H38O5. The largest absolute Gasteiger partial charge is 0.454 e. The minimum Gasteiger partial charge on any atom is -0.454 e. The SMILES string of the molecule is CC1=CC(=O)O[C@@H]1C/C=C(\C)CC[C@@H]1[C@@]2(C)CCC[C@@](C)(C=O)[C@@H]2[C@@H](O)C[C@@]1(C)O. The Hall–Kier alpha value is -1.46. The number of fused-ring (bicyclic) bond motifs is 1. The van der Waals surface area contributed by atoms with Gasteiger partial charge in [0.1, 0.15) is 12.4 Å². The van der Waals surface area contributed by atoms with Gasteiger partial charge in [-0.05, 0) is 63.4 Å². The van der Waals surface area contributed by atoms with Crippen molar-refractivity contribution >= 4 is 12.3 Å². The molecule has 0 aromatic heterocycles. The van der Waals surface area contributed by atoms with Crippen LogP contribution in [0.4, 0.5) is 0 Å². The van der Waals surface area contributed by atoms with E-state index in [1.54, 1.807) is 6.08 Å². The van der Waals surface area contributed by atoms with Gasteiger partial charge in [-0.2, -0.15) is 0 Å². The molecule has 5 nitrogen and oxygen atoms in total. The summed E-state index contributed by atoms with van der Waals surface area (Å²) in [7, 11) is 0. The van der Waals surface area contributed by atoms with E-state index in [4.69, 9.17) is 4.74 Å². The first-order valence-corrected chi connectivity index (χ1v) is 11.3. The summed E-state index contributed by atoms with van der Waals surface area (Å²) in [6.45, 7) is 9.99. The van der Waals surface area contributed by atoms with E-state index in [0.717, 1.165) is 44.0 Å². The topological polar surface area (TPSA) is 83.8 Å². The van der Waals surface area contributed by atoms with Crippen LogP contribution in [0, 0.1) is 22.7 Å². The summed E-state index contributed by atoms with van der Waals surface area (Å²) >= 11 is 0. The number of cyclic esters (lactones) is 1. The fourth-order valence-electron chi connectivity index (χ4n) is 6.91. The van der Waals surface area contributed by atoms with Crippen LogP contribution in [0.2, 0.25) is 0 Å². The number of hydrogen-bond donors (Lipinski definition) is 2. The van der Waals surface area contributed by atoms with Crippen LogP contribution in [-0.4, -0.2) is 40.3 Å². The summed E-state index contributed by atoms with van der Waals surface area (Å²) in [4.78, 5) is 23.4. The predicted molar refractivity (Wildman–Crippen MR) is 116 cm³/mol. The van der Waals surface area contributed by atoms with Crippen LogP contribution in [0.3, 0.4) is 0 Å². The van der Waals surface area contributed by atoms with Gasteiger partial charge in [0.2, 0.25) is 0 Å². The smallest absolute Gasteiger partial charge is 0.331 e. The Kier molecular flexibility index (Phi) is 6.37. The van der Waals surface area contributed by atoms with E-state index >= 15 is 0 Å². The molecule has 0 bridgehead atoms. The van der Waals surface area contributed by atoms with E-state index in [1.165, 1.54) is 5.57 Å². The van der Waals surface area contributed by atoms with Gasteiger partial charge in [0.05, 0.1) is 11.7 Å². The molecule has 2 saturated carbocycles. The van der Waals surface area contributed by atoms with Gasteiger partial charge >= 0.3 is 5.97 Å². The highest BCUT2D eigenvalue weighted by atomic mass is 16.5.